The van der Waals surface area contributed by atoms with Gasteiger partial charge in [-0.3, -0.25) is 14.3 Å². The quantitative estimate of drug-likeness (QED) is 0.686. The zero-order valence-electron chi connectivity index (χ0n) is 16.4. The molecule has 3 aromatic heterocycles. The van der Waals surface area contributed by atoms with Gasteiger partial charge in [0.15, 0.2) is 11.5 Å². The predicted octanol–water partition coefficient (Wildman–Crippen LogP) is 0.415. The van der Waals surface area contributed by atoms with Crippen molar-refractivity contribution in [3.63, 3.8) is 0 Å². The van der Waals surface area contributed by atoms with E-state index in [1.54, 1.807) is 15.5 Å². The zero-order chi connectivity index (χ0) is 20.1. The monoisotopic (exact) mass is 394 g/mol. The molecular weight excluding hydrogens is 372 g/mol. The smallest absolute Gasteiger partial charge is 0.272 e. The van der Waals surface area contributed by atoms with Crippen LogP contribution in [-0.2, 0) is 24.3 Å². The molecule has 1 aliphatic carbocycles. The molecule has 0 radical (unpaired) electrons. The number of carbonyl (C=O) groups excluding carboxylic acids is 2. The molecule has 0 spiro atoms. The summed E-state index contributed by atoms with van der Waals surface area (Å²) in [5.74, 6) is 0.777. The van der Waals surface area contributed by atoms with Gasteiger partial charge < -0.3 is 10.2 Å². The Kier molecular flexibility index (Phi) is 4.07. The Morgan fingerprint density at radius 2 is 1.97 bits per heavy atom. The normalized spacial score (nSPS) is 16.1. The molecular formula is C19H22N8O2. The van der Waals surface area contributed by atoms with E-state index >= 15 is 0 Å². The maximum Gasteiger partial charge on any atom is 0.272 e. The second kappa shape index (κ2) is 6.64. The van der Waals surface area contributed by atoms with Crippen molar-refractivity contribution in [2.24, 2.45) is 0 Å². The SMILES string of the molecule is Cc1cc(C)n2nc(CC(=O)N3CCn4nc(C(=O)NC5CC5)cc4C3)nc2n1. The summed E-state index contributed by atoms with van der Waals surface area (Å²) in [7, 11) is 0. The first kappa shape index (κ1) is 17.8. The Balaban J connectivity index is 1.28. The molecule has 2 aliphatic rings. The highest BCUT2D eigenvalue weighted by molar-refractivity contribution is 5.92. The molecule has 0 aromatic carbocycles. The van der Waals surface area contributed by atoms with E-state index < -0.39 is 0 Å². The molecule has 29 heavy (non-hydrogen) atoms. The minimum atomic E-state index is -0.139. The molecule has 0 bridgehead atoms. The third-order valence-electron chi connectivity index (χ3n) is 5.27. The summed E-state index contributed by atoms with van der Waals surface area (Å²) in [6, 6.07) is 3.99. The molecule has 2 amide bonds. The van der Waals surface area contributed by atoms with Crippen LogP contribution in [0.1, 0.15) is 46.2 Å². The van der Waals surface area contributed by atoms with Gasteiger partial charge in [-0.1, -0.05) is 0 Å². The van der Waals surface area contributed by atoms with E-state index in [0.717, 1.165) is 29.9 Å². The molecule has 4 heterocycles. The van der Waals surface area contributed by atoms with E-state index in [1.165, 1.54) is 0 Å². The molecule has 1 aliphatic heterocycles. The van der Waals surface area contributed by atoms with Crippen molar-refractivity contribution in [3.8, 4) is 0 Å². The molecule has 150 valence electrons. The molecule has 0 atom stereocenters. The number of aryl methyl sites for hydroxylation is 2. The van der Waals surface area contributed by atoms with Crippen LogP contribution in [0, 0.1) is 13.8 Å². The van der Waals surface area contributed by atoms with Gasteiger partial charge in [-0.25, -0.2) is 9.50 Å². The molecule has 1 fully saturated rings. The van der Waals surface area contributed by atoms with Crippen LogP contribution in [0.5, 0.6) is 0 Å². The number of hydrogen-bond acceptors (Lipinski definition) is 6. The van der Waals surface area contributed by atoms with Gasteiger partial charge in [0.05, 0.1) is 25.2 Å². The molecule has 10 heteroatoms. The fraction of sp³-hybridized carbons (Fsp3) is 0.474. The van der Waals surface area contributed by atoms with Crippen LogP contribution in [0.15, 0.2) is 12.1 Å². The van der Waals surface area contributed by atoms with E-state index in [1.807, 2.05) is 24.6 Å². The Hall–Kier alpha value is -3.30. The van der Waals surface area contributed by atoms with Gasteiger partial charge >= 0.3 is 0 Å². The summed E-state index contributed by atoms with van der Waals surface area (Å²) < 4.78 is 3.47. The van der Waals surface area contributed by atoms with Crippen molar-refractivity contribution in [1.29, 1.82) is 0 Å². The highest BCUT2D eigenvalue weighted by Gasteiger charge is 2.28. The number of hydrogen-bond donors (Lipinski definition) is 1. The number of fused-ring (bicyclic) bond motifs is 2. The first-order valence-corrected chi connectivity index (χ1v) is 9.81. The summed E-state index contributed by atoms with van der Waals surface area (Å²) in [5, 5.41) is 11.8. The third-order valence-corrected chi connectivity index (χ3v) is 5.27. The summed E-state index contributed by atoms with van der Waals surface area (Å²) in [6.07, 6.45) is 2.19. The van der Waals surface area contributed by atoms with E-state index in [-0.39, 0.29) is 18.2 Å². The largest absolute Gasteiger partial charge is 0.348 e. The highest BCUT2D eigenvalue weighted by atomic mass is 16.2. The van der Waals surface area contributed by atoms with Crippen LogP contribution in [-0.4, -0.2) is 58.7 Å². The van der Waals surface area contributed by atoms with Crippen LogP contribution < -0.4 is 5.32 Å². The van der Waals surface area contributed by atoms with Crippen LogP contribution in [0.2, 0.25) is 0 Å². The third kappa shape index (κ3) is 3.45. The van der Waals surface area contributed by atoms with Gasteiger partial charge in [0.25, 0.3) is 11.7 Å². The van der Waals surface area contributed by atoms with Crippen molar-refractivity contribution >= 4 is 17.6 Å². The first-order valence-electron chi connectivity index (χ1n) is 9.81. The standard InChI is InChI=1S/C19H22N8O2/c1-11-7-12(2)27-19(20-11)22-16(24-27)9-17(28)25-5-6-26-14(10-25)8-15(23-26)18(29)21-13-3-4-13/h7-8,13H,3-6,9-10H2,1-2H3,(H,21,29). The number of nitrogens with zero attached hydrogens (tertiary/aromatic N) is 7. The van der Waals surface area contributed by atoms with Gasteiger partial charge in [0.1, 0.15) is 0 Å². The average Bonchev–Trinajstić information content (AvgIpc) is 3.23. The van der Waals surface area contributed by atoms with E-state index in [9.17, 15) is 9.59 Å². The average molecular weight is 394 g/mol. The van der Waals surface area contributed by atoms with Crippen LogP contribution >= 0.6 is 0 Å². The maximum absolute atomic E-state index is 12.8. The summed E-state index contributed by atoms with van der Waals surface area (Å²) in [4.78, 5) is 35.5. The lowest BCUT2D eigenvalue weighted by atomic mass is 10.2. The second-order valence-corrected chi connectivity index (χ2v) is 7.76. The predicted molar refractivity (Wildman–Crippen MR) is 102 cm³/mol. The fourth-order valence-corrected chi connectivity index (χ4v) is 3.61. The molecule has 5 rings (SSSR count). The topological polar surface area (TPSA) is 110 Å². The van der Waals surface area contributed by atoms with Gasteiger partial charge in [-0.2, -0.15) is 10.1 Å². The Bertz CT molecular complexity index is 1130. The Morgan fingerprint density at radius 3 is 2.76 bits per heavy atom. The van der Waals surface area contributed by atoms with E-state index in [0.29, 0.717) is 43.0 Å². The minimum Gasteiger partial charge on any atom is -0.348 e. The lowest BCUT2D eigenvalue weighted by molar-refractivity contribution is -0.132. The fourth-order valence-electron chi connectivity index (χ4n) is 3.61. The molecule has 0 saturated heterocycles. The highest BCUT2D eigenvalue weighted by Crippen LogP contribution is 2.20. The van der Waals surface area contributed by atoms with Crippen molar-refractivity contribution in [3.05, 3.63) is 40.7 Å². The number of nitrogens with one attached hydrogen (secondary N) is 1. The van der Waals surface area contributed by atoms with Crippen LogP contribution in [0.25, 0.3) is 5.78 Å². The minimum absolute atomic E-state index is 0.0493. The number of amides is 2. The second-order valence-electron chi connectivity index (χ2n) is 7.76. The van der Waals surface area contributed by atoms with Crippen molar-refractivity contribution in [2.45, 2.75) is 52.2 Å². The van der Waals surface area contributed by atoms with Crippen LogP contribution in [0.4, 0.5) is 0 Å². The molecule has 3 aromatic rings. The summed E-state index contributed by atoms with van der Waals surface area (Å²) in [5.41, 5.74) is 3.07. The van der Waals surface area contributed by atoms with Gasteiger partial charge in [-0.05, 0) is 38.8 Å². The van der Waals surface area contributed by atoms with Crippen molar-refractivity contribution in [1.82, 2.24) is 39.6 Å². The van der Waals surface area contributed by atoms with Gasteiger partial charge in [0, 0.05) is 24.0 Å². The van der Waals surface area contributed by atoms with E-state index in [2.05, 4.69) is 25.5 Å². The molecule has 1 N–H and O–H groups in total. The number of rotatable bonds is 4. The van der Waals surface area contributed by atoms with Crippen LogP contribution in [0.3, 0.4) is 0 Å². The Morgan fingerprint density at radius 1 is 1.14 bits per heavy atom. The van der Waals surface area contributed by atoms with Gasteiger partial charge in [-0.15, -0.1) is 5.10 Å². The molecule has 1 saturated carbocycles. The van der Waals surface area contributed by atoms with Crippen molar-refractivity contribution < 1.29 is 9.59 Å². The Labute approximate surface area is 166 Å². The van der Waals surface area contributed by atoms with E-state index in [4.69, 9.17) is 0 Å². The summed E-state index contributed by atoms with van der Waals surface area (Å²) >= 11 is 0. The van der Waals surface area contributed by atoms with Crippen molar-refractivity contribution in [2.75, 3.05) is 6.54 Å². The first-order chi connectivity index (χ1) is 14.0. The molecule has 0 unspecified atom stereocenters. The van der Waals surface area contributed by atoms with Gasteiger partial charge in [0.2, 0.25) is 5.91 Å². The number of carbonyl (C=O) groups is 2. The lowest BCUT2D eigenvalue weighted by Gasteiger charge is -2.27. The lowest BCUT2D eigenvalue weighted by Crippen LogP contribution is -2.39. The number of aromatic nitrogens is 6. The summed E-state index contributed by atoms with van der Waals surface area (Å²) in [6.45, 7) is 5.37. The maximum atomic E-state index is 12.8. The molecule has 10 nitrogen and oxygen atoms in total. The zero-order valence-corrected chi connectivity index (χ0v) is 16.4.